The summed E-state index contributed by atoms with van der Waals surface area (Å²) in [5.41, 5.74) is 4.15. The van der Waals surface area contributed by atoms with Crippen LogP contribution in [0, 0.1) is 23.2 Å². The van der Waals surface area contributed by atoms with Crippen LogP contribution in [0.5, 0.6) is 0 Å². The molecule has 3 rings (SSSR count). The molecule has 2 saturated carbocycles. The van der Waals surface area contributed by atoms with E-state index in [2.05, 4.69) is 20.8 Å². The van der Waals surface area contributed by atoms with Gasteiger partial charge in [-0.25, -0.2) is 0 Å². The molecule has 2 fully saturated rings. The lowest BCUT2D eigenvalue weighted by atomic mass is 9.70. The topological polar surface area (TPSA) is 0 Å². The van der Waals surface area contributed by atoms with Crippen molar-refractivity contribution in [3.63, 3.8) is 0 Å². The van der Waals surface area contributed by atoms with Gasteiger partial charge in [-0.15, -0.1) is 0 Å². The van der Waals surface area contributed by atoms with Crippen molar-refractivity contribution in [3.05, 3.63) is 17.1 Å². The van der Waals surface area contributed by atoms with Gasteiger partial charge in [0.15, 0.2) is 0 Å². The van der Waals surface area contributed by atoms with Crippen LogP contribution in [0.25, 0.3) is 0 Å². The summed E-state index contributed by atoms with van der Waals surface area (Å²) in [6.07, 6.45) is 7.17. The summed E-state index contributed by atoms with van der Waals surface area (Å²) in [7, 11) is 0. The number of allylic oxidation sites excluding steroid dienone is 2. The van der Waals surface area contributed by atoms with Crippen LogP contribution in [-0.4, -0.2) is 0 Å². The minimum Gasteiger partial charge on any atom is -0.0448 e. The molecule has 4 bridgehead atoms. The van der Waals surface area contributed by atoms with Crippen molar-refractivity contribution >= 4 is 0 Å². The highest BCUT2D eigenvalue weighted by Gasteiger charge is 2.62. The lowest BCUT2D eigenvalue weighted by Gasteiger charge is -2.24. The summed E-state index contributed by atoms with van der Waals surface area (Å²) in [5, 5.41) is 0. The zero-order valence-corrected chi connectivity index (χ0v) is 9.69. The molecule has 0 spiro atoms. The first-order chi connectivity index (χ1) is 6.61. The summed E-state index contributed by atoms with van der Waals surface area (Å²) >= 11 is 0. The van der Waals surface area contributed by atoms with Gasteiger partial charge in [0.2, 0.25) is 0 Å². The van der Waals surface area contributed by atoms with Gasteiger partial charge in [-0.05, 0) is 64.0 Å². The van der Waals surface area contributed by atoms with Crippen molar-refractivity contribution in [1.29, 1.82) is 0 Å². The van der Waals surface area contributed by atoms with E-state index < -0.39 is 0 Å². The van der Waals surface area contributed by atoms with E-state index in [1.165, 1.54) is 32.1 Å². The minimum absolute atomic E-state index is 0.533. The van der Waals surface area contributed by atoms with Crippen LogP contribution in [0.4, 0.5) is 0 Å². The van der Waals surface area contributed by atoms with Gasteiger partial charge < -0.3 is 0 Å². The van der Waals surface area contributed by atoms with Gasteiger partial charge in [0.1, 0.15) is 23.2 Å². The van der Waals surface area contributed by atoms with E-state index in [1.54, 1.807) is 5.57 Å². The van der Waals surface area contributed by atoms with E-state index in [4.69, 9.17) is 0 Å². The van der Waals surface area contributed by atoms with Crippen LogP contribution in [0.15, 0.2) is 11.1 Å². The number of hydrogen-bond donors (Lipinski definition) is 0. The van der Waals surface area contributed by atoms with Crippen LogP contribution in [0.3, 0.4) is 0 Å². The second-order valence-electron chi connectivity index (χ2n) is 6.08. The van der Waals surface area contributed by atoms with E-state index in [0.717, 1.165) is 11.8 Å². The van der Waals surface area contributed by atoms with E-state index in [9.17, 15) is 0 Å². The average molecular weight is 189 g/mol. The second-order valence-corrected chi connectivity index (χ2v) is 6.08. The Labute approximate surface area is 87.8 Å². The molecule has 0 aliphatic heterocycles. The first-order valence-electron chi connectivity index (χ1n) is 6.18. The van der Waals surface area contributed by atoms with Crippen molar-refractivity contribution in [1.82, 2.24) is 0 Å². The fourth-order valence-electron chi connectivity index (χ4n) is 4.38. The maximum absolute atomic E-state index is 2.48. The van der Waals surface area contributed by atoms with Crippen LogP contribution < -0.4 is 0 Å². The third kappa shape index (κ3) is 0.924. The number of hydrogen-bond acceptors (Lipinski definition) is 0. The summed E-state index contributed by atoms with van der Waals surface area (Å²) < 4.78 is 0. The Morgan fingerprint density at radius 3 is 2.71 bits per heavy atom. The smallest absolute Gasteiger partial charge is 0.0448 e. The molecule has 0 aromatic carbocycles. The van der Waals surface area contributed by atoms with Gasteiger partial charge in [0.25, 0.3) is 0 Å². The highest BCUT2D eigenvalue weighted by atomic mass is 14.6. The largest absolute Gasteiger partial charge is 0.123 e. The predicted octanol–water partition coefficient (Wildman–Crippen LogP) is 4.13. The predicted molar refractivity (Wildman–Crippen MR) is 59.8 cm³/mol. The summed E-state index contributed by atoms with van der Waals surface area (Å²) in [6, 6.07) is 0. The van der Waals surface area contributed by atoms with Crippen LogP contribution in [0.2, 0.25) is 0 Å². The van der Waals surface area contributed by atoms with Gasteiger partial charge in [0, 0.05) is 0 Å². The molecule has 0 aromatic rings. The van der Waals surface area contributed by atoms with Gasteiger partial charge in [-0.1, -0.05) is 0 Å². The van der Waals surface area contributed by atoms with Gasteiger partial charge >= 0.3 is 0 Å². The fourth-order valence-corrected chi connectivity index (χ4v) is 4.38. The molecule has 0 heterocycles. The number of rotatable bonds is 0. The van der Waals surface area contributed by atoms with Gasteiger partial charge in [-0.2, -0.15) is 0 Å². The first-order valence-corrected chi connectivity index (χ1v) is 6.18. The normalized spacial score (nSPS) is 39.2. The second kappa shape index (κ2) is 2.59. The summed E-state index contributed by atoms with van der Waals surface area (Å²) in [6.45, 7) is 7.37. The molecule has 3 aliphatic carbocycles. The maximum atomic E-state index is 2.48. The summed E-state index contributed by atoms with van der Waals surface area (Å²) in [4.78, 5) is 0. The molecule has 0 saturated heterocycles. The first kappa shape index (κ1) is 8.88. The minimum atomic E-state index is 0.533. The monoisotopic (exact) mass is 189 g/mol. The van der Waals surface area contributed by atoms with E-state index in [0.29, 0.717) is 5.41 Å². The Morgan fingerprint density at radius 1 is 1.21 bits per heavy atom. The lowest BCUT2D eigenvalue weighted by molar-refractivity contribution is 0.310. The van der Waals surface area contributed by atoms with Gasteiger partial charge in [0.05, 0.1) is 0 Å². The Kier molecular flexibility index (Phi) is 1.64. The lowest BCUT2D eigenvalue weighted by Crippen LogP contribution is -2.25. The molecule has 2 atom stereocenters. The molecule has 14 heavy (non-hydrogen) atoms. The fraction of sp³-hybridized carbons (Fsp3) is 0.786. The molecular formula is C14H21+. The van der Waals surface area contributed by atoms with E-state index in [1.807, 2.05) is 11.5 Å². The van der Waals surface area contributed by atoms with Crippen molar-refractivity contribution in [3.8, 4) is 0 Å². The Morgan fingerprint density at radius 2 is 1.93 bits per heavy atom. The van der Waals surface area contributed by atoms with Gasteiger partial charge in [-0.3, -0.25) is 0 Å². The van der Waals surface area contributed by atoms with E-state index in [-0.39, 0.29) is 0 Å². The van der Waals surface area contributed by atoms with Crippen LogP contribution >= 0.6 is 0 Å². The molecule has 0 nitrogen and oxygen atoms in total. The third-order valence-electron chi connectivity index (χ3n) is 4.97. The Hall–Kier alpha value is -0.390. The molecule has 0 amide bonds. The zero-order chi connectivity index (χ0) is 9.92. The molecule has 3 aliphatic rings. The maximum Gasteiger partial charge on any atom is 0.123 e. The SMILES string of the molecule is CC1=C2CCCC(C)(C)[C+]3C1CCC23. The van der Waals surface area contributed by atoms with Crippen molar-refractivity contribution < 1.29 is 0 Å². The molecule has 76 valence electrons. The van der Waals surface area contributed by atoms with E-state index >= 15 is 0 Å². The van der Waals surface area contributed by atoms with Crippen molar-refractivity contribution in [2.24, 2.45) is 17.3 Å². The molecule has 0 aromatic heterocycles. The van der Waals surface area contributed by atoms with Crippen molar-refractivity contribution in [2.45, 2.75) is 52.9 Å². The summed E-state index contributed by atoms with van der Waals surface area (Å²) in [5.74, 6) is 3.73. The third-order valence-corrected chi connectivity index (χ3v) is 4.97. The zero-order valence-electron chi connectivity index (χ0n) is 9.69. The highest BCUT2D eigenvalue weighted by molar-refractivity contribution is 5.43. The Balaban J connectivity index is 2.07. The standard InChI is InChI=1S/C14H21/c1-9-10-5-4-8-14(2,3)13-11(9)6-7-12(10)13/h11-12H,4-8H2,1-3H3/q+1. The quantitative estimate of drug-likeness (QED) is 0.397. The molecule has 0 heteroatoms. The highest BCUT2D eigenvalue weighted by Crippen LogP contribution is 2.63. The molecule has 0 radical (unpaired) electrons. The van der Waals surface area contributed by atoms with Crippen LogP contribution in [0.1, 0.15) is 52.9 Å². The Bertz CT molecular complexity index is 295. The molecule has 2 unspecified atom stereocenters. The van der Waals surface area contributed by atoms with Crippen molar-refractivity contribution in [2.75, 3.05) is 0 Å². The average Bonchev–Trinajstić information content (AvgIpc) is 2.60. The molecular weight excluding hydrogens is 168 g/mol. The molecule has 0 N–H and O–H groups in total. The van der Waals surface area contributed by atoms with Crippen LogP contribution in [-0.2, 0) is 0 Å².